The maximum Gasteiger partial charge on any atom is 0.0462 e. The summed E-state index contributed by atoms with van der Waals surface area (Å²) in [5, 5.41) is 12.5. The van der Waals surface area contributed by atoms with Crippen LogP contribution in [-0.2, 0) is 0 Å². The Hall–Kier alpha value is -0.340. The van der Waals surface area contributed by atoms with Gasteiger partial charge in [-0.25, -0.2) is 0 Å². The molecule has 76 valence electrons. The average Bonchev–Trinajstić information content (AvgIpc) is 2.61. The largest absolute Gasteiger partial charge is 0.396 e. The third kappa shape index (κ3) is 3.12. The molecule has 3 unspecified atom stereocenters. The SMILES string of the molecule is C=CC(C)NCC1CCCC1CO. The fraction of sp³-hybridized carbons (Fsp3) is 0.818. The molecule has 0 aliphatic heterocycles. The van der Waals surface area contributed by atoms with Crippen LogP contribution >= 0.6 is 0 Å². The number of rotatable bonds is 5. The molecule has 2 heteroatoms. The number of hydrogen-bond acceptors (Lipinski definition) is 2. The first-order chi connectivity index (χ1) is 6.27. The zero-order valence-corrected chi connectivity index (χ0v) is 8.50. The number of aliphatic hydroxyl groups is 1. The lowest BCUT2D eigenvalue weighted by Gasteiger charge is -2.19. The molecule has 0 radical (unpaired) electrons. The van der Waals surface area contributed by atoms with E-state index in [0.29, 0.717) is 24.5 Å². The summed E-state index contributed by atoms with van der Waals surface area (Å²) in [5.41, 5.74) is 0. The van der Waals surface area contributed by atoms with Crippen LogP contribution in [0.3, 0.4) is 0 Å². The van der Waals surface area contributed by atoms with Crippen LogP contribution < -0.4 is 5.32 Å². The highest BCUT2D eigenvalue weighted by atomic mass is 16.3. The van der Waals surface area contributed by atoms with Crippen LogP contribution in [0.2, 0.25) is 0 Å². The predicted molar refractivity (Wildman–Crippen MR) is 55.6 cm³/mol. The van der Waals surface area contributed by atoms with Crippen molar-refractivity contribution in [3.8, 4) is 0 Å². The van der Waals surface area contributed by atoms with E-state index in [0.717, 1.165) is 6.54 Å². The highest BCUT2D eigenvalue weighted by Gasteiger charge is 2.26. The second-order valence-corrected chi connectivity index (χ2v) is 4.07. The summed E-state index contributed by atoms with van der Waals surface area (Å²) in [7, 11) is 0. The van der Waals surface area contributed by atoms with E-state index in [2.05, 4.69) is 18.8 Å². The quantitative estimate of drug-likeness (QED) is 0.634. The molecule has 0 aromatic heterocycles. The summed E-state index contributed by atoms with van der Waals surface area (Å²) in [5.74, 6) is 1.21. The molecule has 2 nitrogen and oxygen atoms in total. The predicted octanol–water partition coefficient (Wildman–Crippen LogP) is 1.56. The molecule has 0 heterocycles. The number of nitrogens with one attached hydrogen (secondary N) is 1. The molecule has 1 fully saturated rings. The third-order valence-electron chi connectivity index (χ3n) is 3.11. The van der Waals surface area contributed by atoms with E-state index in [1.54, 1.807) is 0 Å². The maximum atomic E-state index is 9.11. The van der Waals surface area contributed by atoms with E-state index in [9.17, 15) is 0 Å². The average molecular weight is 183 g/mol. The molecular formula is C11H21NO. The first-order valence-electron chi connectivity index (χ1n) is 5.24. The second kappa shape index (κ2) is 5.40. The van der Waals surface area contributed by atoms with Crippen molar-refractivity contribution in [2.24, 2.45) is 11.8 Å². The van der Waals surface area contributed by atoms with Gasteiger partial charge in [0.25, 0.3) is 0 Å². The van der Waals surface area contributed by atoms with Crippen LogP contribution in [0.25, 0.3) is 0 Å². The lowest BCUT2D eigenvalue weighted by Crippen LogP contribution is -2.31. The molecule has 3 atom stereocenters. The fourth-order valence-corrected chi connectivity index (χ4v) is 2.04. The normalized spacial score (nSPS) is 30.3. The second-order valence-electron chi connectivity index (χ2n) is 4.07. The minimum absolute atomic E-state index is 0.356. The Labute approximate surface area is 81.0 Å². The van der Waals surface area contributed by atoms with E-state index < -0.39 is 0 Å². The topological polar surface area (TPSA) is 32.3 Å². The Morgan fingerprint density at radius 2 is 2.23 bits per heavy atom. The van der Waals surface area contributed by atoms with Crippen LogP contribution in [0.15, 0.2) is 12.7 Å². The lowest BCUT2D eigenvalue weighted by atomic mass is 9.97. The summed E-state index contributed by atoms with van der Waals surface area (Å²) in [6, 6.07) is 0.389. The van der Waals surface area contributed by atoms with Gasteiger partial charge in [0.1, 0.15) is 0 Å². The van der Waals surface area contributed by atoms with E-state index in [1.807, 2.05) is 6.08 Å². The van der Waals surface area contributed by atoms with Crippen molar-refractivity contribution in [2.45, 2.75) is 32.2 Å². The zero-order chi connectivity index (χ0) is 9.68. The minimum atomic E-state index is 0.356. The minimum Gasteiger partial charge on any atom is -0.396 e. The van der Waals surface area contributed by atoms with E-state index >= 15 is 0 Å². The van der Waals surface area contributed by atoms with Gasteiger partial charge in [0, 0.05) is 12.6 Å². The van der Waals surface area contributed by atoms with Gasteiger partial charge in [-0.1, -0.05) is 12.5 Å². The standard InChI is InChI=1S/C11H21NO/c1-3-9(2)12-7-10-5-4-6-11(10)8-13/h3,9-13H,1,4-8H2,2H3. The van der Waals surface area contributed by atoms with Crippen LogP contribution in [0.1, 0.15) is 26.2 Å². The van der Waals surface area contributed by atoms with Gasteiger partial charge in [0.05, 0.1) is 0 Å². The number of aliphatic hydroxyl groups excluding tert-OH is 1. The highest BCUT2D eigenvalue weighted by molar-refractivity contribution is 4.84. The molecule has 1 aliphatic rings. The molecule has 0 bridgehead atoms. The summed E-state index contributed by atoms with van der Waals surface area (Å²) in [4.78, 5) is 0. The molecule has 13 heavy (non-hydrogen) atoms. The van der Waals surface area contributed by atoms with Crippen LogP contribution in [0.5, 0.6) is 0 Å². The smallest absolute Gasteiger partial charge is 0.0462 e. The van der Waals surface area contributed by atoms with Crippen LogP contribution in [-0.4, -0.2) is 24.3 Å². The zero-order valence-electron chi connectivity index (χ0n) is 8.50. The van der Waals surface area contributed by atoms with Gasteiger partial charge in [-0.05, 0) is 38.1 Å². The molecule has 1 rings (SSSR count). The Bertz CT molecular complexity index is 158. The van der Waals surface area contributed by atoms with Gasteiger partial charge in [0.2, 0.25) is 0 Å². The first-order valence-corrected chi connectivity index (χ1v) is 5.24. The Kier molecular flexibility index (Phi) is 4.46. The van der Waals surface area contributed by atoms with Crippen LogP contribution in [0.4, 0.5) is 0 Å². The van der Waals surface area contributed by atoms with Gasteiger partial charge in [0.15, 0.2) is 0 Å². The summed E-state index contributed by atoms with van der Waals surface area (Å²) >= 11 is 0. The molecule has 0 aromatic rings. The molecule has 0 saturated heterocycles. The molecule has 1 aliphatic carbocycles. The maximum absolute atomic E-state index is 9.11. The fourth-order valence-electron chi connectivity index (χ4n) is 2.04. The summed E-state index contributed by atoms with van der Waals surface area (Å²) in [6.07, 6.45) is 5.66. The summed E-state index contributed by atoms with van der Waals surface area (Å²) in [6.45, 7) is 7.22. The van der Waals surface area contributed by atoms with Gasteiger partial charge in [-0.15, -0.1) is 6.58 Å². The number of hydrogen-bond donors (Lipinski definition) is 2. The van der Waals surface area contributed by atoms with Crippen molar-refractivity contribution in [1.82, 2.24) is 5.32 Å². The van der Waals surface area contributed by atoms with Gasteiger partial charge in [-0.3, -0.25) is 0 Å². The molecule has 2 N–H and O–H groups in total. The lowest BCUT2D eigenvalue weighted by molar-refractivity contribution is 0.191. The van der Waals surface area contributed by atoms with Gasteiger partial charge >= 0.3 is 0 Å². The van der Waals surface area contributed by atoms with Crippen molar-refractivity contribution < 1.29 is 5.11 Å². The van der Waals surface area contributed by atoms with Gasteiger partial charge < -0.3 is 10.4 Å². The van der Waals surface area contributed by atoms with E-state index in [1.165, 1.54) is 19.3 Å². The molecule has 0 spiro atoms. The Balaban J connectivity index is 2.23. The van der Waals surface area contributed by atoms with E-state index in [4.69, 9.17) is 5.11 Å². The molecule has 0 amide bonds. The van der Waals surface area contributed by atoms with E-state index in [-0.39, 0.29) is 0 Å². The van der Waals surface area contributed by atoms with Crippen molar-refractivity contribution in [1.29, 1.82) is 0 Å². The highest BCUT2D eigenvalue weighted by Crippen LogP contribution is 2.30. The third-order valence-corrected chi connectivity index (χ3v) is 3.11. The Morgan fingerprint density at radius 1 is 1.54 bits per heavy atom. The van der Waals surface area contributed by atoms with Crippen molar-refractivity contribution >= 4 is 0 Å². The van der Waals surface area contributed by atoms with Crippen LogP contribution in [0, 0.1) is 11.8 Å². The molecule has 1 saturated carbocycles. The van der Waals surface area contributed by atoms with Gasteiger partial charge in [-0.2, -0.15) is 0 Å². The van der Waals surface area contributed by atoms with Crippen molar-refractivity contribution in [3.63, 3.8) is 0 Å². The molecule has 0 aromatic carbocycles. The molecular weight excluding hydrogens is 162 g/mol. The van der Waals surface area contributed by atoms with Crippen molar-refractivity contribution in [2.75, 3.05) is 13.2 Å². The van der Waals surface area contributed by atoms with Crippen molar-refractivity contribution in [3.05, 3.63) is 12.7 Å². The Morgan fingerprint density at radius 3 is 2.85 bits per heavy atom. The summed E-state index contributed by atoms with van der Waals surface area (Å²) < 4.78 is 0. The monoisotopic (exact) mass is 183 g/mol. The first kappa shape index (κ1) is 10.7.